The van der Waals surface area contributed by atoms with E-state index in [1.165, 1.54) is 0 Å². The molecule has 1 aliphatic rings. The SMILES string of the molecule is CC1CNCC1CNCC(F)(F)C(F)F. The molecular formula is C9H16F4N2. The van der Waals surface area contributed by atoms with Crippen molar-refractivity contribution in [2.45, 2.75) is 19.3 Å². The number of halogens is 4. The molecule has 1 aliphatic heterocycles. The molecule has 0 radical (unpaired) electrons. The molecule has 0 amide bonds. The third kappa shape index (κ3) is 3.61. The van der Waals surface area contributed by atoms with Gasteiger partial charge in [-0.2, -0.15) is 8.78 Å². The highest BCUT2D eigenvalue weighted by Gasteiger charge is 2.40. The molecule has 0 aliphatic carbocycles. The number of hydrogen-bond acceptors (Lipinski definition) is 2. The summed E-state index contributed by atoms with van der Waals surface area (Å²) in [6, 6.07) is 0. The number of rotatable bonds is 5. The molecule has 1 heterocycles. The molecule has 0 bridgehead atoms. The van der Waals surface area contributed by atoms with Crippen molar-refractivity contribution < 1.29 is 17.6 Å². The first kappa shape index (κ1) is 12.7. The summed E-state index contributed by atoms with van der Waals surface area (Å²) < 4.78 is 48.6. The maximum Gasteiger partial charge on any atom is 0.319 e. The Hall–Kier alpha value is -0.360. The zero-order chi connectivity index (χ0) is 11.5. The third-order valence-corrected chi connectivity index (χ3v) is 2.76. The van der Waals surface area contributed by atoms with E-state index in [1.54, 1.807) is 0 Å². The van der Waals surface area contributed by atoms with Gasteiger partial charge in [-0.05, 0) is 31.5 Å². The van der Waals surface area contributed by atoms with Crippen molar-refractivity contribution in [2.24, 2.45) is 11.8 Å². The van der Waals surface area contributed by atoms with Crippen molar-refractivity contribution in [3.8, 4) is 0 Å². The lowest BCUT2D eigenvalue weighted by Crippen LogP contribution is -2.41. The van der Waals surface area contributed by atoms with Crippen LogP contribution in [0.4, 0.5) is 17.6 Å². The fraction of sp³-hybridized carbons (Fsp3) is 1.00. The van der Waals surface area contributed by atoms with Crippen molar-refractivity contribution >= 4 is 0 Å². The molecule has 2 atom stereocenters. The second-order valence-corrected chi connectivity index (χ2v) is 4.09. The van der Waals surface area contributed by atoms with E-state index in [-0.39, 0.29) is 5.92 Å². The quantitative estimate of drug-likeness (QED) is 0.694. The smallest absolute Gasteiger partial charge is 0.316 e. The minimum atomic E-state index is -3.92. The lowest BCUT2D eigenvalue weighted by Gasteiger charge is -2.19. The van der Waals surface area contributed by atoms with E-state index in [0.717, 1.165) is 13.1 Å². The Morgan fingerprint density at radius 3 is 2.53 bits per heavy atom. The Morgan fingerprint density at radius 1 is 1.40 bits per heavy atom. The van der Waals surface area contributed by atoms with E-state index in [9.17, 15) is 17.6 Å². The highest BCUT2D eigenvalue weighted by molar-refractivity contribution is 4.81. The zero-order valence-corrected chi connectivity index (χ0v) is 8.57. The Morgan fingerprint density at radius 2 is 2.07 bits per heavy atom. The lowest BCUT2D eigenvalue weighted by molar-refractivity contribution is -0.125. The summed E-state index contributed by atoms with van der Waals surface area (Å²) in [5.74, 6) is -3.27. The van der Waals surface area contributed by atoms with E-state index in [4.69, 9.17) is 0 Å². The van der Waals surface area contributed by atoms with Gasteiger partial charge in [0.25, 0.3) is 0 Å². The predicted octanol–water partition coefficient (Wildman–Crippen LogP) is 1.33. The molecule has 2 N–H and O–H groups in total. The van der Waals surface area contributed by atoms with Gasteiger partial charge < -0.3 is 10.6 Å². The van der Waals surface area contributed by atoms with Gasteiger partial charge in [0, 0.05) is 0 Å². The fourth-order valence-electron chi connectivity index (χ4n) is 1.64. The second kappa shape index (κ2) is 5.12. The van der Waals surface area contributed by atoms with Crippen LogP contribution in [0.3, 0.4) is 0 Å². The summed E-state index contributed by atoms with van der Waals surface area (Å²) in [4.78, 5) is 0. The van der Waals surface area contributed by atoms with Gasteiger partial charge in [0.1, 0.15) is 0 Å². The summed E-state index contributed by atoms with van der Waals surface area (Å²) in [7, 11) is 0. The molecule has 0 aromatic carbocycles. The summed E-state index contributed by atoms with van der Waals surface area (Å²) in [5, 5.41) is 5.53. The fourth-order valence-corrected chi connectivity index (χ4v) is 1.64. The van der Waals surface area contributed by atoms with E-state index in [2.05, 4.69) is 10.6 Å². The largest absolute Gasteiger partial charge is 0.319 e. The van der Waals surface area contributed by atoms with Gasteiger partial charge in [0.15, 0.2) is 0 Å². The van der Waals surface area contributed by atoms with Crippen LogP contribution in [0.25, 0.3) is 0 Å². The molecule has 1 rings (SSSR count). The summed E-state index contributed by atoms with van der Waals surface area (Å²) >= 11 is 0. The Kier molecular flexibility index (Phi) is 4.33. The Balaban J connectivity index is 2.21. The van der Waals surface area contributed by atoms with Gasteiger partial charge in [-0.15, -0.1) is 0 Å². The van der Waals surface area contributed by atoms with Gasteiger partial charge >= 0.3 is 12.3 Å². The van der Waals surface area contributed by atoms with Crippen LogP contribution in [0, 0.1) is 11.8 Å². The topological polar surface area (TPSA) is 24.1 Å². The van der Waals surface area contributed by atoms with Crippen LogP contribution in [0.2, 0.25) is 0 Å². The monoisotopic (exact) mass is 228 g/mol. The summed E-state index contributed by atoms with van der Waals surface area (Å²) in [6.07, 6.45) is -3.59. The standard InChI is InChI=1S/C9H16F4N2/c1-6-2-14-3-7(6)4-15-5-9(12,13)8(10)11/h6-8,14-15H,2-5H2,1H3. The van der Waals surface area contributed by atoms with Crippen molar-refractivity contribution in [3.63, 3.8) is 0 Å². The van der Waals surface area contributed by atoms with Gasteiger partial charge in [-0.3, -0.25) is 0 Å². The molecule has 1 saturated heterocycles. The number of alkyl halides is 4. The summed E-state index contributed by atoms with van der Waals surface area (Å²) in [6.45, 7) is 3.04. The van der Waals surface area contributed by atoms with Crippen LogP contribution in [0.15, 0.2) is 0 Å². The van der Waals surface area contributed by atoms with Crippen LogP contribution in [-0.2, 0) is 0 Å². The Labute approximate surface area is 86.4 Å². The van der Waals surface area contributed by atoms with Crippen LogP contribution in [-0.4, -0.2) is 38.5 Å². The predicted molar refractivity (Wildman–Crippen MR) is 49.3 cm³/mol. The number of hydrogen-bond donors (Lipinski definition) is 2. The minimum Gasteiger partial charge on any atom is -0.316 e. The van der Waals surface area contributed by atoms with Gasteiger partial charge in [-0.1, -0.05) is 6.92 Å². The normalized spacial score (nSPS) is 27.6. The molecule has 0 aromatic rings. The van der Waals surface area contributed by atoms with Crippen molar-refractivity contribution in [1.82, 2.24) is 10.6 Å². The zero-order valence-electron chi connectivity index (χ0n) is 8.57. The lowest BCUT2D eigenvalue weighted by atomic mass is 9.98. The van der Waals surface area contributed by atoms with Crippen LogP contribution in [0.5, 0.6) is 0 Å². The van der Waals surface area contributed by atoms with Crippen molar-refractivity contribution in [1.29, 1.82) is 0 Å². The molecule has 0 spiro atoms. The van der Waals surface area contributed by atoms with E-state index in [0.29, 0.717) is 12.5 Å². The van der Waals surface area contributed by atoms with Gasteiger partial charge in [0.2, 0.25) is 0 Å². The van der Waals surface area contributed by atoms with Crippen molar-refractivity contribution in [2.75, 3.05) is 26.2 Å². The van der Waals surface area contributed by atoms with Crippen LogP contribution >= 0.6 is 0 Å². The molecule has 90 valence electrons. The molecular weight excluding hydrogens is 212 g/mol. The molecule has 2 unspecified atom stereocenters. The second-order valence-electron chi connectivity index (χ2n) is 4.09. The highest BCUT2D eigenvalue weighted by atomic mass is 19.3. The first-order valence-corrected chi connectivity index (χ1v) is 5.01. The number of nitrogens with one attached hydrogen (secondary N) is 2. The molecule has 2 nitrogen and oxygen atoms in total. The van der Waals surface area contributed by atoms with E-state index >= 15 is 0 Å². The van der Waals surface area contributed by atoms with Crippen molar-refractivity contribution in [3.05, 3.63) is 0 Å². The maximum atomic E-state index is 12.5. The first-order chi connectivity index (χ1) is 6.93. The summed E-state index contributed by atoms with van der Waals surface area (Å²) in [5.41, 5.74) is 0. The van der Waals surface area contributed by atoms with E-state index < -0.39 is 18.9 Å². The average Bonchev–Trinajstić information content (AvgIpc) is 2.51. The first-order valence-electron chi connectivity index (χ1n) is 5.01. The Bertz CT molecular complexity index is 199. The maximum absolute atomic E-state index is 12.5. The molecule has 1 fully saturated rings. The van der Waals surface area contributed by atoms with Crippen LogP contribution < -0.4 is 10.6 Å². The van der Waals surface area contributed by atoms with Crippen LogP contribution in [0.1, 0.15) is 6.92 Å². The minimum absolute atomic E-state index is 0.249. The molecule has 0 aromatic heterocycles. The van der Waals surface area contributed by atoms with E-state index in [1.807, 2.05) is 6.92 Å². The molecule has 6 heteroatoms. The average molecular weight is 228 g/mol. The molecule has 15 heavy (non-hydrogen) atoms. The van der Waals surface area contributed by atoms with Gasteiger partial charge in [0.05, 0.1) is 6.54 Å². The van der Waals surface area contributed by atoms with Gasteiger partial charge in [-0.25, -0.2) is 8.78 Å². The molecule has 0 saturated carbocycles. The highest BCUT2D eigenvalue weighted by Crippen LogP contribution is 2.22. The third-order valence-electron chi connectivity index (χ3n) is 2.76.